The van der Waals surface area contributed by atoms with Gasteiger partial charge < -0.3 is 10.8 Å². The van der Waals surface area contributed by atoms with Crippen molar-refractivity contribution in [3.05, 3.63) is 0 Å². The minimum Gasteiger partial charge on any atom is -0.396 e. The second kappa shape index (κ2) is 6.53. The molecule has 0 saturated heterocycles. The van der Waals surface area contributed by atoms with E-state index in [0.29, 0.717) is 12.8 Å². The van der Waals surface area contributed by atoms with Crippen molar-refractivity contribution in [2.45, 2.75) is 37.2 Å². The van der Waals surface area contributed by atoms with Gasteiger partial charge in [-0.25, -0.2) is 0 Å². The Morgan fingerprint density at radius 1 is 1.43 bits per heavy atom. The molecule has 0 rings (SSSR count). The van der Waals surface area contributed by atoms with Gasteiger partial charge in [0.05, 0.1) is 0 Å². The summed E-state index contributed by atoms with van der Waals surface area (Å²) in [5.41, 5.74) is 5.38. The SMILES string of the molecule is CCC(N)C(SCCCO)C(F)(F)F. The van der Waals surface area contributed by atoms with Crippen LogP contribution in [0.5, 0.6) is 0 Å². The van der Waals surface area contributed by atoms with Crippen LogP contribution in [0.25, 0.3) is 0 Å². The van der Waals surface area contributed by atoms with E-state index in [4.69, 9.17) is 10.8 Å². The molecular weight excluding hydrogens is 215 g/mol. The summed E-state index contributed by atoms with van der Waals surface area (Å²) < 4.78 is 37.3. The molecular formula is C8H16F3NOS. The molecule has 6 heteroatoms. The van der Waals surface area contributed by atoms with Gasteiger partial charge in [-0.15, -0.1) is 11.8 Å². The lowest BCUT2D eigenvalue weighted by atomic mass is 10.1. The minimum absolute atomic E-state index is 0.0844. The van der Waals surface area contributed by atoms with Crippen LogP contribution in [0.3, 0.4) is 0 Å². The van der Waals surface area contributed by atoms with Gasteiger partial charge in [0, 0.05) is 12.6 Å². The van der Waals surface area contributed by atoms with E-state index in [1.54, 1.807) is 6.92 Å². The third-order valence-corrected chi connectivity index (χ3v) is 3.28. The Bertz CT molecular complexity index is 154. The van der Waals surface area contributed by atoms with Crippen LogP contribution < -0.4 is 5.73 Å². The number of hydrogen-bond donors (Lipinski definition) is 2. The maximum atomic E-state index is 12.4. The molecule has 0 aromatic carbocycles. The van der Waals surface area contributed by atoms with Crippen molar-refractivity contribution in [2.75, 3.05) is 12.4 Å². The summed E-state index contributed by atoms with van der Waals surface area (Å²) in [6.07, 6.45) is -3.58. The molecule has 86 valence electrons. The van der Waals surface area contributed by atoms with Crippen LogP contribution in [0, 0.1) is 0 Å². The van der Waals surface area contributed by atoms with Gasteiger partial charge in [0.15, 0.2) is 0 Å². The zero-order chi connectivity index (χ0) is 11.2. The first kappa shape index (κ1) is 14.1. The van der Waals surface area contributed by atoms with Crippen molar-refractivity contribution in [3.63, 3.8) is 0 Å². The van der Waals surface area contributed by atoms with Gasteiger partial charge >= 0.3 is 6.18 Å². The molecule has 0 amide bonds. The highest BCUT2D eigenvalue weighted by molar-refractivity contribution is 8.00. The topological polar surface area (TPSA) is 46.2 Å². The van der Waals surface area contributed by atoms with E-state index in [1.165, 1.54) is 0 Å². The summed E-state index contributed by atoms with van der Waals surface area (Å²) in [5.74, 6) is 0.286. The number of aliphatic hydroxyl groups is 1. The fraction of sp³-hybridized carbons (Fsp3) is 1.00. The molecule has 2 atom stereocenters. The molecule has 0 spiro atoms. The molecule has 0 radical (unpaired) electrons. The summed E-state index contributed by atoms with van der Waals surface area (Å²) in [5, 5.41) is 6.94. The summed E-state index contributed by atoms with van der Waals surface area (Å²) in [6.45, 7) is 1.55. The lowest BCUT2D eigenvalue weighted by Crippen LogP contribution is -2.42. The Labute approximate surface area is 86.0 Å². The van der Waals surface area contributed by atoms with Crippen LogP contribution in [0.15, 0.2) is 0 Å². The van der Waals surface area contributed by atoms with Crippen molar-refractivity contribution in [2.24, 2.45) is 5.73 Å². The van der Waals surface area contributed by atoms with E-state index >= 15 is 0 Å². The Hall–Kier alpha value is 0.0600. The number of thioether (sulfide) groups is 1. The van der Waals surface area contributed by atoms with Crippen molar-refractivity contribution < 1.29 is 18.3 Å². The monoisotopic (exact) mass is 231 g/mol. The predicted molar refractivity (Wildman–Crippen MR) is 52.3 cm³/mol. The van der Waals surface area contributed by atoms with Gasteiger partial charge in [0.2, 0.25) is 0 Å². The molecule has 0 aliphatic rings. The Morgan fingerprint density at radius 2 is 2.00 bits per heavy atom. The van der Waals surface area contributed by atoms with E-state index in [-0.39, 0.29) is 12.4 Å². The van der Waals surface area contributed by atoms with Crippen molar-refractivity contribution in [3.8, 4) is 0 Å². The first-order chi connectivity index (χ1) is 6.43. The van der Waals surface area contributed by atoms with Crippen LogP contribution in [-0.4, -0.2) is 34.9 Å². The fourth-order valence-corrected chi connectivity index (χ4v) is 2.13. The van der Waals surface area contributed by atoms with Gasteiger partial charge in [-0.1, -0.05) is 6.92 Å². The van der Waals surface area contributed by atoms with Crippen LogP contribution >= 0.6 is 11.8 Å². The fourth-order valence-electron chi connectivity index (χ4n) is 0.950. The van der Waals surface area contributed by atoms with E-state index < -0.39 is 17.5 Å². The van der Waals surface area contributed by atoms with Gasteiger partial charge in [0.25, 0.3) is 0 Å². The Kier molecular flexibility index (Phi) is 6.55. The maximum Gasteiger partial charge on any atom is 0.402 e. The van der Waals surface area contributed by atoms with E-state index in [2.05, 4.69) is 0 Å². The number of aliphatic hydroxyl groups excluding tert-OH is 1. The van der Waals surface area contributed by atoms with E-state index in [0.717, 1.165) is 11.8 Å². The highest BCUT2D eigenvalue weighted by Crippen LogP contribution is 2.33. The van der Waals surface area contributed by atoms with Gasteiger partial charge in [-0.05, 0) is 18.6 Å². The maximum absolute atomic E-state index is 12.4. The third-order valence-electron chi connectivity index (χ3n) is 1.78. The van der Waals surface area contributed by atoms with Crippen LogP contribution in [0.1, 0.15) is 19.8 Å². The highest BCUT2D eigenvalue weighted by Gasteiger charge is 2.42. The first-order valence-corrected chi connectivity index (χ1v) is 5.53. The highest BCUT2D eigenvalue weighted by atomic mass is 32.2. The molecule has 14 heavy (non-hydrogen) atoms. The number of alkyl halides is 3. The first-order valence-electron chi connectivity index (χ1n) is 4.48. The summed E-state index contributed by atoms with van der Waals surface area (Å²) in [6, 6.07) is -0.862. The second-order valence-electron chi connectivity index (χ2n) is 2.98. The molecule has 0 bridgehead atoms. The van der Waals surface area contributed by atoms with Crippen LogP contribution in [0.4, 0.5) is 13.2 Å². The molecule has 0 saturated carbocycles. The standard InChI is InChI=1S/C8H16F3NOS/c1-2-6(12)7(8(9,10)11)14-5-3-4-13/h6-7,13H,2-5,12H2,1H3. The quantitative estimate of drug-likeness (QED) is 0.685. The summed E-state index contributed by atoms with van der Waals surface area (Å²) in [7, 11) is 0. The van der Waals surface area contributed by atoms with Crippen molar-refractivity contribution in [1.82, 2.24) is 0 Å². The lowest BCUT2D eigenvalue weighted by molar-refractivity contribution is -0.132. The Balaban J connectivity index is 4.12. The van der Waals surface area contributed by atoms with Crippen LogP contribution in [-0.2, 0) is 0 Å². The number of rotatable bonds is 6. The number of halogens is 3. The summed E-state index contributed by atoms with van der Waals surface area (Å²) >= 11 is 0.776. The predicted octanol–water partition coefficient (Wildman–Crippen LogP) is 1.77. The molecule has 0 aliphatic carbocycles. The minimum atomic E-state index is -4.25. The Morgan fingerprint density at radius 3 is 2.36 bits per heavy atom. The van der Waals surface area contributed by atoms with Gasteiger partial charge in [-0.3, -0.25) is 0 Å². The van der Waals surface area contributed by atoms with Crippen LogP contribution in [0.2, 0.25) is 0 Å². The molecule has 0 aromatic rings. The average Bonchev–Trinajstić information content (AvgIpc) is 2.09. The van der Waals surface area contributed by atoms with Crippen molar-refractivity contribution in [1.29, 1.82) is 0 Å². The average molecular weight is 231 g/mol. The number of hydrogen-bond acceptors (Lipinski definition) is 3. The molecule has 0 aliphatic heterocycles. The van der Waals surface area contributed by atoms with E-state index in [1.807, 2.05) is 0 Å². The molecule has 0 fully saturated rings. The van der Waals surface area contributed by atoms with E-state index in [9.17, 15) is 13.2 Å². The zero-order valence-corrected chi connectivity index (χ0v) is 8.87. The van der Waals surface area contributed by atoms with Crippen molar-refractivity contribution >= 4 is 11.8 Å². The molecule has 3 N–H and O–H groups in total. The molecule has 0 heterocycles. The largest absolute Gasteiger partial charge is 0.402 e. The lowest BCUT2D eigenvalue weighted by Gasteiger charge is -2.24. The molecule has 2 nitrogen and oxygen atoms in total. The summed E-state index contributed by atoms with van der Waals surface area (Å²) in [4.78, 5) is 0. The zero-order valence-electron chi connectivity index (χ0n) is 8.05. The normalized spacial score (nSPS) is 16.7. The van der Waals surface area contributed by atoms with Gasteiger partial charge in [0.1, 0.15) is 5.25 Å². The third kappa shape index (κ3) is 5.07. The molecule has 0 aromatic heterocycles. The smallest absolute Gasteiger partial charge is 0.396 e. The molecule has 2 unspecified atom stereocenters. The number of nitrogens with two attached hydrogens (primary N) is 1. The van der Waals surface area contributed by atoms with Gasteiger partial charge in [-0.2, -0.15) is 13.2 Å². The second-order valence-corrected chi connectivity index (χ2v) is 4.23.